The number of hydrogen-bond donors (Lipinski definition) is 1. The SMILES string of the molecule is CCCSCc1nc(CNCC)cs1. The topological polar surface area (TPSA) is 24.9 Å². The average Bonchev–Trinajstić information content (AvgIpc) is 2.63. The van der Waals surface area contributed by atoms with Crippen molar-refractivity contribution < 1.29 is 0 Å². The van der Waals surface area contributed by atoms with Gasteiger partial charge in [0.05, 0.1) is 5.69 Å². The number of rotatable bonds is 7. The molecule has 0 amide bonds. The van der Waals surface area contributed by atoms with Gasteiger partial charge in [0.1, 0.15) is 5.01 Å². The van der Waals surface area contributed by atoms with Crippen LogP contribution in [0.25, 0.3) is 0 Å². The maximum absolute atomic E-state index is 4.55. The molecule has 1 N–H and O–H groups in total. The van der Waals surface area contributed by atoms with E-state index in [1.54, 1.807) is 11.3 Å². The lowest BCUT2D eigenvalue weighted by molar-refractivity contribution is 0.713. The summed E-state index contributed by atoms with van der Waals surface area (Å²) in [6, 6.07) is 0. The largest absolute Gasteiger partial charge is 0.311 e. The molecule has 0 aromatic carbocycles. The number of nitrogens with one attached hydrogen (secondary N) is 1. The zero-order valence-corrected chi connectivity index (χ0v) is 10.5. The molecule has 0 saturated heterocycles. The molecule has 0 bridgehead atoms. The molecule has 80 valence electrons. The lowest BCUT2D eigenvalue weighted by Gasteiger charge is -1.96. The molecular weight excluding hydrogens is 212 g/mol. The van der Waals surface area contributed by atoms with Crippen LogP contribution in [0.1, 0.15) is 31.0 Å². The van der Waals surface area contributed by atoms with Crippen LogP contribution in [-0.4, -0.2) is 17.3 Å². The van der Waals surface area contributed by atoms with E-state index in [4.69, 9.17) is 0 Å². The molecule has 4 heteroatoms. The normalized spacial score (nSPS) is 10.7. The van der Waals surface area contributed by atoms with Gasteiger partial charge in [-0.1, -0.05) is 13.8 Å². The number of thioether (sulfide) groups is 1. The van der Waals surface area contributed by atoms with E-state index in [0.29, 0.717) is 0 Å². The fourth-order valence-corrected chi connectivity index (χ4v) is 2.83. The third-order valence-corrected chi connectivity index (χ3v) is 3.98. The van der Waals surface area contributed by atoms with Crippen LogP contribution in [0, 0.1) is 0 Å². The Balaban J connectivity index is 2.27. The quantitative estimate of drug-likeness (QED) is 0.729. The first-order valence-corrected chi connectivity index (χ1v) is 7.12. The summed E-state index contributed by atoms with van der Waals surface area (Å²) < 4.78 is 0. The van der Waals surface area contributed by atoms with Crippen LogP contribution < -0.4 is 5.32 Å². The Morgan fingerprint density at radius 3 is 3.07 bits per heavy atom. The van der Waals surface area contributed by atoms with E-state index in [0.717, 1.165) is 18.8 Å². The van der Waals surface area contributed by atoms with Gasteiger partial charge >= 0.3 is 0 Å². The van der Waals surface area contributed by atoms with Crippen molar-refractivity contribution in [1.82, 2.24) is 10.3 Å². The summed E-state index contributed by atoms with van der Waals surface area (Å²) in [7, 11) is 0. The van der Waals surface area contributed by atoms with Crippen LogP contribution in [0.15, 0.2) is 5.38 Å². The lowest BCUT2D eigenvalue weighted by Crippen LogP contribution is -2.11. The van der Waals surface area contributed by atoms with Crippen LogP contribution in [0.2, 0.25) is 0 Å². The van der Waals surface area contributed by atoms with E-state index in [1.165, 1.54) is 22.9 Å². The minimum atomic E-state index is 0.908. The molecule has 0 aliphatic heterocycles. The van der Waals surface area contributed by atoms with E-state index in [-0.39, 0.29) is 0 Å². The van der Waals surface area contributed by atoms with Crippen molar-refractivity contribution in [2.45, 2.75) is 32.6 Å². The molecule has 0 aliphatic carbocycles. The van der Waals surface area contributed by atoms with Crippen molar-refractivity contribution in [3.63, 3.8) is 0 Å². The van der Waals surface area contributed by atoms with Gasteiger partial charge in [0.25, 0.3) is 0 Å². The molecule has 0 radical (unpaired) electrons. The maximum Gasteiger partial charge on any atom is 0.103 e. The van der Waals surface area contributed by atoms with Gasteiger partial charge in [0.15, 0.2) is 0 Å². The second kappa shape index (κ2) is 7.26. The zero-order valence-electron chi connectivity index (χ0n) is 8.88. The van der Waals surface area contributed by atoms with Crippen molar-refractivity contribution in [2.24, 2.45) is 0 Å². The molecule has 0 aliphatic rings. The van der Waals surface area contributed by atoms with Gasteiger partial charge in [0, 0.05) is 17.7 Å². The Bertz CT molecular complexity index is 248. The molecule has 1 rings (SSSR count). The van der Waals surface area contributed by atoms with E-state index in [9.17, 15) is 0 Å². The molecule has 0 atom stereocenters. The highest BCUT2D eigenvalue weighted by molar-refractivity contribution is 7.98. The minimum absolute atomic E-state index is 0.908. The first-order valence-electron chi connectivity index (χ1n) is 5.08. The fraction of sp³-hybridized carbons (Fsp3) is 0.700. The van der Waals surface area contributed by atoms with Crippen LogP contribution in [0.5, 0.6) is 0 Å². The zero-order chi connectivity index (χ0) is 10.2. The van der Waals surface area contributed by atoms with Crippen LogP contribution in [0.4, 0.5) is 0 Å². The van der Waals surface area contributed by atoms with Gasteiger partial charge in [0.2, 0.25) is 0 Å². The summed E-state index contributed by atoms with van der Waals surface area (Å²) in [6.07, 6.45) is 1.25. The highest BCUT2D eigenvalue weighted by Gasteiger charge is 2.00. The molecule has 1 aromatic rings. The molecule has 0 saturated carbocycles. The Morgan fingerprint density at radius 1 is 1.50 bits per heavy atom. The smallest absolute Gasteiger partial charge is 0.103 e. The third-order valence-electron chi connectivity index (χ3n) is 1.73. The Kier molecular flexibility index (Phi) is 6.23. The number of hydrogen-bond acceptors (Lipinski definition) is 4. The second-order valence-corrected chi connectivity index (χ2v) is 5.11. The molecule has 1 heterocycles. The molecule has 0 unspecified atom stereocenters. The van der Waals surface area contributed by atoms with Crippen molar-refractivity contribution in [3.05, 3.63) is 16.1 Å². The van der Waals surface area contributed by atoms with Crippen LogP contribution in [0.3, 0.4) is 0 Å². The molecule has 0 fully saturated rings. The van der Waals surface area contributed by atoms with E-state index < -0.39 is 0 Å². The summed E-state index contributed by atoms with van der Waals surface area (Å²) >= 11 is 3.75. The average molecular weight is 230 g/mol. The van der Waals surface area contributed by atoms with Crippen LogP contribution in [-0.2, 0) is 12.3 Å². The first-order chi connectivity index (χ1) is 6.86. The third kappa shape index (κ3) is 4.44. The standard InChI is InChI=1S/C10H18N2S2/c1-3-5-13-8-10-12-9(7-14-10)6-11-4-2/h7,11H,3-6,8H2,1-2H3. The lowest BCUT2D eigenvalue weighted by atomic mass is 10.5. The number of thiazole rings is 1. The van der Waals surface area contributed by atoms with E-state index in [2.05, 4.69) is 29.5 Å². The fourth-order valence-electron chi connectivity index (χ4n) is 1.05. The Morgan fingerprint density at radius 2 is 2.36 bits per heavy atom. The van der Waals surface area contributed by atoms with Crippen molar-refractivity contribution in [3.8, 4) is 0 Å². The summed E-state index contributed by atoms with van der Waals surface area (Å²) in [5.74, 6) is 2.31. The molecule has 0 spiro atoms. The van der Waals surface area contributed by atoms with Crippen LogP contribution >= 0.6 is 23.1 Å². The van der Waals surface area contributed by atoms with Gasteiger partial charge in [-0.2, -0.15) is 11.8 Å². The van der Waals surface area contributed by atoms with Crippen molar-refractivity contribution >= 4 is 23.1 Å². The summed E-state index contributed by atoms with van der Waals surface area (Å²) in [6.45, 7) is 6.25. The van der Waals surface area contributed by atoms with Gasteiger partial charge < -0.3 is 5.32 Å². The Hall–Kier alpha value is -0.0600. The summed E-state index contributed by atoms with van der Waals surface area (Å²) in [4.78, 5) is 4.55. The number of aromatic nitrogens is 1. The molecule has 2 nitrogen and oxygen atoms in total. The monoisotopic (exact) mass is 230 g/mol. The summed E-state index contributed by atoms with van der Waals surface area (Å²) in [5, 5.41) is 6.70. The highest BCUT2D eigenvalue weighted by Crippen LogP contribution is 2.17. The van der Waals surface area contributed by atoms with Crippen molar-refractivity contribution in [1.29, 1.82) is 0 Å². The molecular formula is C10H18N2S2. The van der Waals surface area contributed by atoms with Gasteiger partial charge in [-0.3, -0.25) is 0 Å². The highest BCUT2D eigenvalue weighted by atomic mass is 32.2. The summed E-state index contributed by atoms with van der Waals surface area (Å²) in [5.41, 5.74) is 1.18. The second-order valence-electron chi connectivity index (χ2n) is 3.07. The molecule has 14 heavy (non-hydrogen) atoms. The van der Waals surface area contributed by atoms with Crippen molar-refractivity contribution in [2.75, 3.05) is 12.3 Å². The minimum Gasteiger partial charge on any atom is -0.311 e. The Labute approximate surface area is 94.5 Å². The first kappa shape index (κ1) is 12.0. The van der Waals surface area contributed by atoms with Gasteiger partial charge in [-0.05, 0) is 18.7 Å². The van der Waals surface area contributed by atoms with E-state index in [1.807, 2.05) is 11.8 Å². The predicted octanol–water partition coefficient (Wildman–Crippen LogP) is 2.90. The maximum atomic E-state index is 4.55. The molecule has 1 aromatic heterocycles. The van der Waals surface area contributed by atoms with Gasteiger partial charge in [-0.15, -0.1) is 11.3 Å². The van der Waals surface area contributed by atoms with Gasteiger partial charge in [-0.25, -0.2) is 4.98 Å². The number of nitrogens with zero attached hydrogens (tertiary/aromatic N) is 1. The predicted molar refractivity (Wildman–Crippen MR) is 65.9 cm³/mol. The van der Waals surface area contributed by atoms with E-state index >= 15 is 0 Å².